The summed E-state index contributed by atoms with van der Waals surface area (Å²) in [7, 11) is 1.57. The molecule has 0 N–H and O–H groups in total. The van der Waals surface area contributed by atoms with Crippen molar-refractivity contribution in [3.05, 3.63) is 83.7 Å². The van der Waals surface area contributed by atoms with E-state index in [1.807, 2.05) is 31.2 Å². The second kappa shape index (κ2) is 14.5. The van der Waals surface area contributed by atoms with Crippen LogP contribution in [0.4, 0.5) is 32.0 Å². The van der Waals surface area contributed by atoms with Crippen LogP contribution >= 0.6 is 0 Å². The van der Waals surface area contributed by atoms with Crippen molar-refractivity contribution in [1.82, 2.24) is 14.8 Å². The van der Waals surface area contributed by atoms with E-state index < -0.39 is 59.0 Å². The lowest BCUT2D eigenvalue weighted by molar-refractivity contribution is -0.155. The number of pyridine rings is 1. The van der Waals surface area contributed by atoms with E-state index in [-0.39, 0.29) is 31.7 Å². The third-order valence-corrected chi connectivity index (χ3v) is 8.62. The molecule has 2 aromatic carbocycles. The van der Waals surface area contributed by atoms with Crippen molar-refractivity contribution in [2.24, 2.45) is 0 Å². The lowest BCUT2D eigenvalue weighted by atomic mass is 9.89. The molecule has 0 spiro atoms. The molecule has 0 saturated carbocycles. The molecule has 3 heterocycles. The van der Waals surface area contributed by atoms with Crippen LogP contribution in [0.1, 0.15) is 41.3 Å². The fraction of sp³-hybridized carbons (Fsp3) is 0.441. The number of amides is 2. The molecule has 9 nitrogen and oxygen atoms in total. The number of anilines is 1. The van der Waals surface area contributed by atoms with Gasteiger partial charge in [0.15, 0.2) is 0 Å². The molecule has 2 aliphatic heterocycles. The average Bonchev–Trinajstić information content (AvgIpc) is 3.07. The van der Waals surface area contributed by atoms with Crippen molar-refractivity contribution in [2.45, 2.75) is 43.8 Å². The number of carbonyl (C=O) groups excluding carboxylic acids is 2. The highest BCUT2D eigenvalue weighted by Crippen LogP contribution is 2.37. The largest absolute Gasteiger partial charge is 0.489 e. The Morgan fingerprint density at radius 1 is 0.939 bits per heavy atom. The first-order valence-corrected chi connectivity index (χ1v) is 15.7. The maximum Gasteiger partial charge on any atom is 0.417 e. The quantitative estimate of drug-likeness (QED) is 0.203. The fourth-order valence-corrected chi connectivity index (χ4v) is 6.23. The molecule has 264 valence electrons. The first-order chi connectivity index (χ1) is 23.2. The number of rotatable bonds is 9. The maximum absolute atomic E-state index is 14.6. The Labute approximate surface area is 279 Å². The molecule has 2 saturated heterocycles. The van der Waals surface area contributed by atoms with Crippen LogP contribution in [-0.4, -0.2) is 91.3 Å². The van der Waals surface area contributed by atoms with Gasteiger partial charge in [-0.2, -0.15) is 26.3 Å². The second-order valence-electron chi connectivity index (χ2n) is 12.0. The van der Waals surface area contributed by atoms with Gasteiger partial charge in [0.2, 0.25) is 5.60 Å². The van der Waals surface area contributed by atoms with Crippen LogP contribution < -0.4 is 14.4 Å². The number of piperidine rings is 1. The minimum atomic E-state index is -4.84. The monoisotopic (exact) mass is 694 g/mol. The van der Waals surface area contributed by atoms with Crippen LogP contribution in [0.5, 0.6) is 11.5 Å². The summed E-state index contributed by atoms with van der Waals surface area (Å²) in [6, 6.07) is 11.6. The first kappa shape index (κ1) is 35.8. The minimum absolute atomic E-state index is 0.0274. The number of likely N-dealkylation sites (tertiary alicyclic amines) is 1. The molecular formula is C34H36F6N4O5. The van der Waals surface area contributed by atoms with E-state index >= 15 is 0 Å². The summed E-state index contributed by atoms with van der Waals surface area (Å²) in [4.78, 5) is 36.7. The van der Waals surface area contributed by atoms with E-state index in [0.717, 1.165) is 47.2 Å². The number of hydrogen-bond acceptors (Lipinski definition) is 7. The fourth-order valence-electron chi connectivity index (χ4n) is 6.23. The van der Waals surface area contributed by atoms with E-state index in [9.17, 15) is 35.9 Å². The van der Waals surface area contributed by atoms with E-state index in [0.29, 0.717) is 38.1 Å². The van der Waals surface area contributed by atoms with Gasteiger partial charge in [0.1, 0.15) is 18.1 Å². The molecular weight excluding hydrogens is 658 g/mol. The summed E-state index contributed by atoms with van der Waals surface area (Å²) in [6.45, 7) is 3.17. The summed E-state index contributed by atoms with van der Waals surface area (Å²) >= 11 is 0. The Hall–Kier alpha value is -4.53. The first-order valence-electron chi connectivity index (χ1n) is 15.7. The van der Waals surface area contributed by atoms with Gasteiger partial charge in [-0.1, -0.05) is 12.1 Å². The van der Waals surface area contributed by atoms with Gasteiger partial charge in [0.25, 0.3) is 11.8 Å². The van der Waals surface area contributed by atoms with E-state index in [1.54, 1.807) is 12.0 Å². The topological polar surface area (TPSA) is 84.4 Å². The van der Waals surface area contributed by atoms with Crippen LogP contribution in [0.2, 0.25) is 0 Å². The molecule has 0 aliphatic carbocycles. The number of ether oxygens (including phenoxy) is 3. The molecule has 15 heteroatoms. The molecule has 0 bridgehead atoms. The summed E-state index contributed by atoms with van der Waals surface area (Å²) in [6.07, 6.45) is -7.43. The number of methoxy groups -OCH3 is 1. The normalized spacial score (nSPS) is 20.2. The molecule has 2 amide bonds. The highest BCUT2D eigenvalue weighted by Gasteiger charge is 2.50. The van der Waals surface area contributed by atoms with E-state index in [1.165, 1.54) is 0 Å². The number of nitrogens with zero attached hydrogens (tertiary/aromatic N) is 4. The smallest absolute Gasteiger partial charge is 0.417 e. The number of halogens is 6. The molecule has 0 radical (unpaired) electrons. The third-order valence-electron chi connectivity index (χ3n) is 8.62. The predicted octanol–water partition coefficient (Wildman–Crippen LogP) is 5.94. The van der Waals surface area contributed by atoms with Crippen molar-refractivity contribution < 1.29 is 50.1 Å². The Morgan fingerprint density at radius 3 is 2.35 bits per heavy atom. The molecule has 0 unspecified atom stereocenters. The maximum atomic E-state index is 14.6. The van der Waals surface area contributed by atoms with Crippen LogP contribution in [0, 0.1) is 0 Å². The van der Waals surface area contributed by atoms with Crippen LogP contribution in [0.3, 0.4) is 0 Å². The van der Waals surface area contributed by atoms with Gasteiger partial charge in [0, 0.05) is 51.7 Å². The summed E-state index contributed by atoms with van der Waals surface area (Å²) in [5, 5.41) is 0. The highest BCUT2D eigenvalue weighted by atomic mass is 19.4. The minimum Gasteiger partial charge on any atom is -0.489 e. The SMILES string of the molecule is COCCOc1ccccc1N1CCN(C(=O)[C@]2(Oc3ccc(C(F)(F)F)cc3)CCCN(C(=O)c3cnccc3C(F)(F)F)C2)[C@@H](C)C1. The lowest BCUT2D eigenvalue weighted by Crippen LogP contribution is -2.66. The zero-order valence-electron chi connectivity index (χ0n) is 26.9. The van der Waals surface area contributed by atoms with Gasteiger partial charge < -0.3 is 28.9 Å². The molecule has 49 heavy (non-hydrogen) atoms. The number of para-hydroxylation sites is 2. The van der Waals surface area contributed by atoms with Gasteiger partial charge in [-0.25, -0.2) is 0 Å². The van der Waals surface area contributed by atoms with Crippen molar-refractivity contribution in [2.75, 3.05) is 57.9 Å². The van der Waals surface area contributed by atoms with Gasteiger partial charge in [-0.3, -0.25) is 14.6 Å². The Bertz CT molecular complexity index is 1620. The molecule has 2 aliphatic rings. The van der Waals surface area contributed by atoms with Crippen molar-refractivity contribution >= 4 is 17.5 Å². The Kier molecular flexibility index (Phi) is 10.6. The van der Waals surface area contributed by atoms with Crippen LogP contribution in [0.25, 0.3) is 0 Å². The molecule has 2 fully saturated rings. The average molecular weight is 695 g/mol. The molecule has 1 aromatic heterocycles. The molecule has 5 rings (SSSR count). The standard InChI is InChI=1S/C34H36F6N4O5/c1-23-21-42(28-6-3-4-7-29(28)48-19-18-47-2)16-17-44(23)31(46)32(49-25-10-8-24(9-11-25)33(35,36)37)13-5-15-43(22-32)30(45)26-20-41-14-12-27(26)34(38,39)40/h3-4,6-12,14,20,23H,5,13,15-19,21-22H2,1-2H3/t23-,32-/m0/s1. The Balaban J connectivity index is 1.43. The predicted molar refractivity (Wildman–Crippen MR) is 166 cm³/mol. The van der Waals surface area contributed by atoms with Crippen LogP contribution in [-0.2, 0) is 21.9 Å². The van der Waals surface area contributed by atoms with E-state index in [2.05, 4.69) is 9.88 Å². The zero-order valence-corrected chi connectivity index (χ0v) is 26.9. The molecule has 2 atom stereocenters. The van der Waals surface area contributed by atoms with Gasteiger partial charge in [-0.15, -0.1) is 0 Å². The number of aromatic nitrogens is 1. The zero-order chi connectivity index (χ0) is 35.4. The van der Waals surface area contributed by atoms with Gasteiger partial charge in [-0.05, 0) is 62.2 Å². The van der Waals surface area contributed by atoms with Gasteiger partial charge >= 0.3 is 12.4 Å². The number of carbonyl (C=O) groups is 2. The van der Waals surface area contributed by atoms with Gasteiger partial charge in [0.05, 0.1) is 35.5 Å². The lowest BCUT2D eigenvalue weighted by Gasteiger charge is -2.48. The summed E-state index contributed by atoms with van der Waals surface area (Å²) in [5.41, 5.74) is -3.75. The number of benzene rings is 2. The summed E-state index contributed by atoms with van der Waals surface area (Å²) in [5.74, 6) is -0.926. The number of hydrogen-bond donors (Lipinski definition) is 0. The van der Waals surface area contributed by atoms with E-state index in [4.69, 9.17) is 14.2 Å². The molecule has 3 aromatic rings. The second-order valence-corrected chi connectivity index (χ2v) is 12.0. The van der Waals surface area contributed by atoms with Crippen molar-refractivity contribution in [1.29, 1.82) is 0 Å². The Morgan fingerprint density at radius 2 is 1.67 bits per heavy atom. The number of alkyl halides is 6. The highest BCUT2D eigenvalue weighted by molar-refractivity contribution is 5.96. The van der Waals surface area contributed by atoms with Crippen molar-refractivity contribution in [3.63, 3.8) is 0 Å². The van der Waals surface area contributed by atoms with Crippen molar-refractivity contribution in [3.8, 4) is 11.5 Å². The number of piperazine rings is 1. The summed E-state index contributed by atoms with van der Waals surface area (Å²) < 4.78 is 98.6. The third kappa shape index (κ3) is 8.03. The van der Waals surface area contributed by atoms with Crippen LogP contribution in [0.15, 0.2) is 67.0 Å².